The molecule has 0 bridgehead atoms. The summed E-state index contributed by atoms with van der Waals surface area (Å²) in [4.78, 5) is 40.6. The lowest BCUT2D eigenvalue weighted by Crippen LogP contribution is -2.70. The van der Waals surface area contributed by atoms with Crippen LogP contribution < -0.4 is 10.6 Å². The Morgan fingerprint density at radius 2 is 1.69 bits per heavy atom. The van der Waals surface area contributed by atoms with Crippen molar-refractivity contribution in [1.29, 1.82) is 5.26 Å². The molecule has 39 heavy (non-hydrogen) atoms. The molecule has 5 aliphatic rings. The normalized spacial score (nSPS) is 43.8. The number of hydrogen-bond donors (Lipinski definition) is 2. The molecule has 3 saturated carbocycles. The van der Waals surface area contributed by atoms with Crippen LogP contribution in [0, 0.1) is 56.2 Å². The molecule has 5 rings (SSSR count). The number of carbonyl (C=O) groups is 3. The lowest BCUT2D eigenvalue weighted by atomic mass is 9.35. The molecule has 5 aliphatic carbocycles. The molecule has 0 saturated heterocycles. The first kappa shape index (κ1) is 28.1. The minimum Gasteiger partial charge on any atom is -0.338 e. The summed E-state index contributed by atoms with van der Waals surface area (Å²) in [7, 11) is 0. The summed E-state index contributed by atoms with van der Waals surface area (Å²) in [5.74, 6) is 0.00545. The summed E-state index contributed by atoms with van der Waals surface area (Å²) in [6.07, 6.45) is 10.2. The van der Waals surface area contributed by atoms with E-state index in [2.05, 4.69) is 51.3 Å². The van der Waals surface area contributed by atoms with Gasteiger partial charge in [0.15, 0.2) is 11.6 Å². The Labute approximate surface area is 234 Å². The summed E-state index contributed by atoms with van der Waals surface area (Å²) < 4.78 is 0. The number of ketones is 2. The first-order chi connectivity index (χ1) is 18.0. The molecular formula is C33H47N3O3. The molecule has 0 spiro atoms. The van der Waals surface area contributed by atoms with E-state index in [1.807, 2.05) is 32.9 Å². The Kier molecular flexibility index (Phi) is 6.16. The van der Waals surface area contributed by atoms with Crippen LogP contribution >= 0.6 is 0 Å². The van der Waals surface area contributed by atoms with Gasteiger partial charge in [-0.1, -0.05) is 60.1 Å². The summed E-state index contributed by atoms with van der Waals surface area (Å²) in [5, 5.41) is 16.2. The highest BCUT2D eigenvalue weighted by Gasteiger charge is 2.70. The number of fused-ring (bicyclic) bond motifs is 7. The van der Waals surface area contributed by atoms with Crippen molar-refractivity contribution in [3.05, 3.63) is 23.3 Å². The third-order valence-electron chi connectivity index (χ3n) is 12.6. The van der Waals surface area contributed by atoms with Gasteiger partial charge in [0.25, 0.3) is 0 Å². The number of allylic oxidation sites excluding steroid dienone is 4. The van der Waals surface area contributed by atoms with Crippen molar-refractivity contribution in [3.63, 3.8) is 0 Å². The van der Waals surface area contributed by atoms with Gasteiger partial charge in [-0.25, -0.2) is 4.79 Å². The average molecular weight is 534 g/mol. The van der Waals surface area contributed by atoms with Crippen molar-refractivity contribution >= 4 is 17.6 Å². The molecule has 0 aromatic heterocycles. The Morgan fingerprint density at radius 3 is 2.33 bits per heavy atom. The molecule has 6 nitrogen and oxygen atoms in total. The molecule has 0 radical (unpaired) electrons. The van der Waals surface area contributed by atoms with Crippen LogP contribution in [0.25, 0.3) is 0 Å². The number of nitriles is 1. The molecule has 0 heterocycles. The summed E-state index contributed by atoms with van der Waals surface area (Å²) in [6.45, 7) is 17.9. The summed E-state index contributed by atoms with van der Waals surface area (Å²) in [6, 6.07) is 2.05. The van der Waals surface area contributed by atoms with E-state index < -0.39 is 10.8 Å². The van der Waals surface area contributed by atoms with E-state index in [0.717, 1.165) is 50.5 Å². The molecule has 7 atom stereocenters. The fourth-order valence-corrected chi connectivity index (χ4v) is 10.3. The Balaban J connectivity index is 1.66. The highest BCUT2D eigenvalue weighted by Crippen LogP contribution is 2.73. The predicted octanol–water partition coefficient (Wildman–Crippen LogP) is 6.28. The largest absolute Gasteiger partial charge is 0.338 e. The zero-order valence-corrected chi connectivity index (χ0v) is 25.2. The molecule has 0 aliphatic heterocycles. The zero-order valence-electron chi connectivity index (χ0n) is 25.2. The van der Waals surface area contributed by atoms with Gasteiger partial charge in [0.05, 0.1) is 5.57 Å². The van der Waals surface area contributed by atoms with E-state index in [0.29, 0.717) is 6.54 Å². The van der Waals surface area contributed by atoms with Gasteiger partial charge in [0, 0.05) is 28.8 Å². The van der Waals surface area contributed by atoms with E-state index in [1.54, 1.807) is 0 Å². The Morgan fingerprint density at radius 1 is 1.03 bits per heavy atom. The lowest BCUT2D eigenvalue weighted by molar-refractivity contribution is -0.160. The van der Waals surface area contributed by atoms with E-state index >= 15 is 0 Å². The molecule has 6 heteroatoms. The molecule has 0 aromatic carbocycles. The number of carbonyl (C=O) groups excluding carboxylic acids is 3. The van der Waals surface area contributed by atoms with Crippen LogP contribution in [0.1, 0.15) is 100 Å². The lowest BCUT2D eigenvalue weighted by Gasteiger charge is -2.69. The van der Waals surface area contributed by atoms with Gasteiger partial charge in [-0.15, -0.1) is 0 Å². The highest BCUT2D eigenvalue weighted by atomic mass is 16.2. The minimum atomic E-state index is -0.663. The highest BCUT2D eigenvalue weighted by molar-refractivity contribution is 6.04. The molecule has 2 unspecified atom stereocenters. The van der Waals surface area contributed by atoms with Crippen LogP contribution in [0.3, 0.4) is 0 Å². The van der Waals surface area contributed by atoms with Gasteiger partial charge in [-0.2, -0.15) is 5.26 Å². The zero-order chi connectivity index (χ0) is 28.8. The first-order valence-corrected chi connectivity index (χ1v) is 15.0. The van der Waals surface area contributed by atoms with Crippen LogP contribution in [-0.4, -0.2) is 29.7 Å². The van der Waals surface area contributed by atoms with Crippen molar-refractivity contribution < 1.29 is 14.4 Å². The second-order valence-electron chi connectivity index (χ2n) is 15.4. The van der Waals surface area contributed by atoms with Crippen molar-refractivity contribution in [3.8, 4) is 6.07 Å². The molecule has 212 valence electrons. The fraction of sp³-hybridized carbons (Fsp3) is 0.758. The monoisotopic (exact) mass is 533 g/mol. The van der Waals surface area contributed by atoms with Gasteiger partial charge in [0.2, 0.25) is 0 Å². The molecule has 0 aromatic rings. The number of urea groups is 1. The van der Waals surface area contributed by atoms with E-state index in [1.165, 1.54) is 0 Å². The predicted molar refractivity (Wildman–Crippen MR) is 151 cm³/mol. The quantitative estimate of drug-likeness (QED) is 0.436. The van der Waals surface area contributed by atoms with Crippen LogP contribution in [0.4, 0.5) is 4.79 Å². The van der Waals surface area contributed by atoms with Crippen LogP contribution in [0.2, 0.25) is 0 Å². The van der Waals surface area contributed by atoms with Crippen LogP contribution in [-0.2, 0) is 9.59 Å². The molecule has 2 N–H and O–H groups in total. The smallest absolute Gasteiger partial charge is 0.315 e. The van der Waals surface area contributed by atoms with E-state index in [-0.39, 0.29) is 62.7 Å². The first-order valence-electron chi connectivity index (χ1n) is 15.0. The number of Topliss-reactive ketones (excluding diaryl/α,β-unsaturated/α-hetero) is 1. The average Bonchev–Trinajstić information content (AvgIpc) is 2.84. The molecule has 2 amide bonds. The number of nitrogens with zero attached hydrogens (tertiary/aromatic N) is 1. The van der Waals surface area contributed by atoms with Crippen molar-refractivity contribution in [2.24, 2.45) is 44.8 Å². The van der Waals surface area contributed by atoms with Gasteiger partial charge in [-0.05, 0) is 86.0 Å². The summed E-state index contributed by atoms with van der Waals surface area (Å²) in [5.41, 5.74) is -0.661. The third kappa shape index (κ3) is 3.67. The standard InChI is InChI=1S/C33H47N3O3/c1-9-35-27(39)36-33-14-12-28(2,3)18-21(33)25-22(37)16-24-30(6)17-20(19-34)26(38)29(4,5)23(30)10-11-31(24,7)32(25,8)13-15-33/h16-17,21,23,25H,9-15,18H2,1-8H3,(H2,35,36,39)/t21?,23-,25?,30-,31+,32+,33-/m0/s1. The maximum atomic E-state index is 14.5. The van der Waals surface area contributed by atoms with Gasteiger partial charge in [0.1, 0.15) is 6.07 Å². The second-order valence-corrected chi connectivity index (χ2v) is 15.4. The number of amides is 2. The Bertz CT molecular complexity index is 1240. The van der Waals surface area contributed by atoms with Gasteiger partial charge in [-0.3, -0.25) is 9.59 Å². The molecular weight excluding hydrogens is 486 g/mol. The fourth-order valence-electron chi connectivity index (χ4n) is 10.3. The number of rotatable bonds is 2. The second kappa shape index (κ2) is 8.54. The third-order valence-corrected chi connectivity index (χ3v) is 12.6. The number of hydrogen-bond acceptors (Lipinski definition) is 4. The van der Waals surface area contributed by atoms with Crippen molar-refractivity contribution in [2.45, 2.75) is 106 Å². The van der Waals surface area contributed by atoms with Crippen molar-refractivity contribution in [1.82, 2.24) is 10.6 Å². The van der Waals surface area contributed by atoms with E-state index in [9.17, 15) is 19.6 Å². The van der Waals surface area contributed by atoms with Crippen LogP contribution in [0.5, 0.6) is 0 Å². The minimum absolute atomic E-state index is 0.0394. The maximum absolute atomic E-state index is 14.5. The number of nitrogens with one attached hydrogen (secondary N) is 2. The van der Waals surface area contributed by atoms with E-state index in [4.69, 9.17) is 0 Å². The Hall–Kier alpha value is -2.42. The van der Waals surface area contributed by atoms with Gasteiger partial charge >= 0.3 is 6.03 Å². The topological polar surface area (TPSA) is 99.1 Å². The van der Waals surface area contributed by atoms with Gasteiger partial charge < -0.3 is 10.6 Å². The summed E-state index contributed by atoms with van der Waals surface area (Å²) >= 11 is 0. The SMILES string of the molecule is CCNC(=O)N[C@]12CCC(C)(C)CC1C1C(=O)C=C3[C@@]4(C)C=C(C#N)C(=O)C(C)(C)[C@@H]4CC[C@@]3(C)[C@]1(C)CC2. The van der Waals surface area contributed by atoms with Crippen molar-refractivity contribution in [2.75, 3.05) is 6.54 Å². The molecule has 3 fully saturated rings. The maximum Gasteiger partial charge on any atom is 0.315 e. The van der Waals surface area contributed by atoms with Crippen LogP contribution in [0.15, 0.2) is 23.3 Å².